The highest BCUT2D eigenvalue weighted by molar-refractivity contribution is 6.30. The highest BCUT2D eigenvalue weighted by Crippen LogP contribution is 2.46. The average Bonchev–Trinajstić information content (AvgIpc) is 2.96. The van der Waals surface area contributed by atoms with E-state index in [2.05, 4.69) is 28.9 Å². The molecule has 0 radical (unpaired) electrons. The van der Waals surface area contributed by atoms with Gasteiger partial charge in [0.2, 0.25) is 0 Å². The Bertz CT molecular complexity index is 1090. The minimum Gasteiger partial charge on any atom is -0.490 e. The van der Waals surface area contributed by atoms with Crippen LogP contribution in [0, 0.1) is 11.8 Å². The Kier molecular flexibility index (Phi) is 6.59. The lowest BCUT2D eigenvalue weighted by atomic mass is 9.69. The molecule has 5 rings (SSSR count). The molecular formula is C28H33ClN2O3. The standard InChI is InChI=1S/C28H33ClN2O3/c1-2-12-30-15-21-5-6-22(21)16-31-17-28(11-3-4-19-13-23(29)8-9-24(19)28)18-34-26-10-7-20(27(32)33)14-25(26)31/h2,7-10,13-14,21-22,30H,1,3-6,11-12,15-18H2,(H,32,33)/t21-,22-,28?/m0/s1. The van der Waals surface area contributed by atoms with E-state index in [0.717, 1.165) is 61.9 Å². The zero-order valence-electron chi connectivity index (χ0n) is 19.6. The molecule has 34 heavy (non-hydrogen) atoms. The number of anilines is 1. The first kappa shape index (κ1) is 23.3. The molecule has 2 aliphatic carbocycles. The number of nitrogens with one attached hydrogen (secondary N) is 1. The third-order valence-corrected chi connectivity index (χ3v) is 8.24. The third kappa shape index (κ3) is 4.44. The minimum absolute atomic E-state index is 0.138. The first-order valence-electron chi connectivity index (χ1n) is 12.3. The second-order valence-electron chi connectivity index (χ2n) is 10.1. The van der Waals surface area contributed by atoms with E-state index in [0.29, 0.717) is 24.0 Å². The molecule has 2 aromatic rings. The van der Waals surface area contributed by atoms with Crippen LogP contribution in [-0.2, 0) is 11.8 Å². The lowest BCUT2D eigenvalue weighted by Crippen LogP contribution is -2.49. The molecule has 1 fully saturated rings. The van der Waals surface area contributed by atoms with Crippen LogP contribution in [0.3, 0.4) is 0 Å². The van der Waals surface area contributed by atoms with Crippen LogP contribution in [-0.4, -0.2) is 43.9 Å². The second-order valence-corrected chi connectivity index (χ2v) is 10.6. The van der Waals surface area contributed by atoms with E-state index in [4.69, 9.17) is 16.3 Å². The van der Waals surface area contributed by atoms with Crippen LogP contribution in [0.25, 0.3) is 0 Å². The minimum atomic E-state index is -0.908. The number of halogens is 1. The van der Waals surface area contributed by atoms with Gasteiger partial charge in [0.05, 0.1) is 17.9 Å². The van der Waals surface area contributed by atoms with Crippen molar-refractivity contribution in [2.75, 3.05) is 37.7 Å². The Balaban J connectivity index is 1.49. The molecule has 0 saturated heterocycles. The van der Waals surface area contributed by atoms with Crippen LogP contribution < -0.4 is 15.0 Å². The molecule has 1 saturated carbocycles. The predicted octanol–water partition coefficient (Wildman–Crippen LogP) is 5.31. The van der Waals surface area contributed by atoms with Gasteiger partial charge in [-0.1, -0.05) is 23.7 Å². The Hall–Kier alpha value is -2.50. The number of ether oxygens (including phenoxy) is 1. The van der Waals surface area contributed by atoms with Gasteiger partial charge in [0.1, 0.15) is 5.75 Å². The fraction of sp³-hybridized carbons (Fsp3) is 0.464. The number of fused-ring (bicyclic) bond motifs is 3. The van der Waals surface area contributed by atoms with Crippen molar-refractivity contribution in [3.63, 3.8) is 0 Å². The lowest BCUT2D eigenvalue weighted by molar-refractivity contribution is 0.0697. The number of aryl methyl sites for hydroxylation is 1. The van der Waals surface area contributed by atoms with Crippen LogP contribution >= 0.6 is 11.6 Å². The maximum absolute atomic E-state index is 11.8. The predicted molar refractivity (Wildman–Crippen MR) is 136 cm³/mol. The van der Waals surface area contributed by atoms with Crippen molar-refractivity contribution in [3.05, 3.63) is 70.8 Å². The highest BCUT2D eigenvalue weighted by atomic mass is 35.5. The maximum atomic E-state index is 11.8. The van der Waals surface area contributed by atoms with Gasteiger partial charge in [-0.05, 0) is 91.9 Å². The van der Waals surface area contributed by atoms with Crippen molar-refractivity contribution in [1.29, 1.82) is 0 Å². The molecule has 0 amide bonds. The summed E-state index contributed by atoms with van der Waals surface area (Å²) in [5, 5.41) is 13.9. The van der Waals surface area contributed by atoms with E-state index in [-0.39, 0.29) is 5.41 Å². The van der Waals surface area contributed by atoms with Gasteiger partial charge in [-0.25, -0.2) is 4.79 Å². The summed E-state index contributed by atoms with van der Waals surface area (Å²) in [4.78, 5) is 14.2. The van der Waals surface area contributed by atoms with Crippen molar-refractivity contribution >= 4 is 23.3 Å². The molecule has 2 N–H and O–H groups in total. The Morgan fingerprint density at radius 1 is 1.26 bits per heavy atom. The summed E-state index contributed by atoms with van der Waals surface area (Å²) in [6.07, 6.45) is 7.51. The molecule has 1 unspecified atom stereocenters. The van der Waals surface area contributed by atoms with E-state index >= 15 is 0 Å². The molecule has 1 spiro atoms. The Labute approximate surface area is 206 Å². The smallest absolute Gasteiger partial charge is 0.335 e. The van der Waals surface area contributed by atoms with E-state index < -0.39 is 5.97 Å². The van der Waals surface area contributed by atoms with Crippen LogP contribution in [0.5, 0.6) is 5.75 Å². The molecule has 2 aromatic carbocycles. The maximum Gasteiger partial charge on any atom is 0.335 e. The topological polar surface area (TPSA) is 61.8 Å². The number of carboxylic acid groups (broad SMARTS) is 1. The van der Waals surface area contributed by atoms with Crippen LogP contribution in [0.4, 0.5) is 5.69 Å². The fourth-order valence-corrected chi connectivity index (χ4v) is 6.24. The summed E-state index contributed by atoms with van der Waals surface area (Å²) in [5.41, 5.74) is 3.72. The zero-order valence-corrected chi connectivity index (χ0v) is 20.3. The van der Waals surface area contributed by atoms with E-state index in [1.54, 1.807) is 12.1 Å². The molecule has 0 aromatic heterocycles. The third-order valence-electron chi connectivity index (χ3n) is 8.01. The average molecular weight is 481 g/mol. The van der Waals surface area contributed by atoms with Crippen molar-refractivity contribution in [1.82, 2.24) is 5.32 Å². The van der Waals surface area contributed by atoms with Gasteiger partial charge in [-0.2, -0.15) is 0 Å². The quantitative estimate of drug-likeness (QED) is 0.415. The zero-order chi connectivity index (χ0) is 23.7. The van der Waals surface area contributed by atoms with Gasteiger partial charge in [0, 0.05) is 30.1 Å². The SMILES string of the molecule is C=CCNC[C@@H]1CC[C@H]1CN1CC2(CCCc3cc(Cl)ccc32)COc2ccc(C(=O)O)cc21. The largest absolute Gasteiger partial charge is 0.490 e. The van der Waals surface area contributed by atoms with E-state index in [1.165, 1.54) is 24.0 Å². The monoisotopic (exact) mass is 480 g/mol. The number of benzene rings is 2. The molecule has 180 valence electrons. The molecule has 3 aliphatic rings. The molecule has 1 aliphatic heterocycles. The lowest BCUT2D eigenvalue weighted by Gasteiger charge is -2.44. The summed E-state index contributed by atoms with van der Waals surface area (Å²) in [6, 6.07) is 11.6. The Morgan fingerprint density at radius 3 is 2.88 bits per heavy atom. The summed E-state index contributed by atoms with van der Waals surface area (Å²) >= 11 is 6.34. The van der Waals surface area contributed by atoms with E-state index in [9.17, 15) is 9.90 Å². The molecular weight excluding hydrogens is 448 g/mol. The highest BCUT2D eigenvalue weighted by Gasteiger charge is 2.43. The van der Waals surface area contributed by atoms with Crippen LogP contribution in [0.1, 0.15) is 47.2 Å². The summed E-state index contributed by atoms with van der Waals surface area (Å²) in [7, 11) is 0. The van der Waals surface area contributed by atoms with Gasteiger partial charge in [0.25, 0.3) is 0 Å². The van der Waals surface area contributed by atoms with Gasteiger partial charge in [-0.3, -0.25) is 0 Å². The Morgan fingerprint density at radius 2 is 2.12 bits per heavy atom. The number of hydrogen-bond acceptors (Lipinski definition) is 4. The van der Waals surface area contributed by atoms with E-state index in [1.807, 2.05) is 18.2 Å². The first-order valence-corrected chi connectivity index (χ1v) is 12.7. The number of nitrogens with zero attached hydrogens (tertiary/aromatic N) is 1. The van der Waals surface area contributed by atoms with Gasteiger partial charge >= 0.3 is 5.97 Å². The van der Waals surface area contributed by atoms with Crippen molar-refractivity contribution in [2.45, 2.75) is 37.5 Å². The number of rotatable bonds is 7. The first-order chi connectivity index (χ1) is 16.5. The van der Waals surface area contributed by atoms with Crippen LogP contribution in [0.15, 0.2) is 49.1 Å². The van der Waals surface area contributed by atoms with Crippen molar-refractivity contribution in [2.24, 2.45) is 11.8 Å². The van der Waals surface area contributed by atoms with Gasteiger partial charge in [-0.15, -0.1) is 6.58 Å². The molecule has 0 bridgehead atoms. The summed E-state index contributed by atoms with van der Waals surface area (Å²) in [5.74, 6) is 1.07. The van der Waals surface area contributed by atoms with Gasteiger partial charge < -0.3 is 20.1 Å². The number of hydrogen-bond donors (Lipinski definition) is 2. The number of carboxylic acids is 1. The number of aromatic carboxylic acids is 1. The fourth-order valence-electron chi connectivity index (χ4n) is 6.05. The van der Waals surface area contributed by atoms with Crippen molar-refractivity contribution in [3.8, 4) is 5.75 Å². The number of carbonyl (C=O) groups is 1. The molecule has 5 nitrogen and oxygen atoms in total. The summed E-state index contributed by atoms with van der Waals surface area (Å²) < 4.78 is 6.44. The second kappa shape index (κ2) is 9.63. The van der Waals surface area contributed by atoms with Crippen molar-refractivity contribution < 1.29 is 14.6 Å². The summed E-state index contributed by atoms with van der Waals surface area (Å²) in [6.45, 7) is 7.94. The van der Waals surface area contributed by atoms with Gasteiger partial charge in [0.15, 0.2) is 0 Å². The van der Waals surface area contributed by atoms with Crippen LogP contribution in [0.2, 0.25) is 5.02 Å². The molecule has 1 heterocycles. The normalized spacial score (nSPS) is 25.5. The molecule has 3 atom stereocenters. The molecule has 6 heteroatoms.